The molecule has 2 N–H and O–H groups in total. The van der Waals surface area contributed by atoms with Gasteiger partial charge in [0.25, 0.3) is 5.91 Å². The van der Waals surface area contributed by atoms with Crippen LogP contribution in [0.2, 0.25) is 0 Å². The Morgan fingerprint density at radius 3 is 2.70 bits per heavy atom. The lowest BCUT2D eigenvalue weighted by Gasteiger charge is -2.10. The van der Waals surface area contributed by atoms with Crippen molar-refractivity contribution in [2.24, 2.45) is 0 Å². The highest BCUT2D eigenvalue weighted by Gasteiger charge is 2.16. The third kappa shape index (κ3) is 4.50. The lowest BCUT2D eigenvalue weighted by Crippen LogP contribution is -2.31. The minimum absolute atomic E-state index is 0.131. The average Bonchev–Trinajstić information content (AvgIpc) is 3.13. The summed E-state index contributed by atoms with van der Waals surface area (Å²) < 4.78 is 5.48. The van der Waals surface area contributed by atoms with Gasteiger partial charge in [-0.1, -0.05) is 30.3 Å². The topological polar surface area (TPSA) is 76.1 Å². The van der Waals surface area contributed by atoms with E-state index in [0.29, 0.717) is 24.6 Å². The average molecular weight is 312 g/mol. The van der Waals surface area contributed by atoms with E-state index in [2.05, 4.69) is 20.6 Å². The largest absolute Gasteiger partial charge is 0.376 e. The number of benzene rings is 1. The Hall–Kier alpha value is -2.47. The van der Waals surface area contributed by atoms with E-state index in [-0.39, 0.29) is 12.0 Å². The van der Waals surface area contributed by atoms with Crippen LogP contribution in [0, 0.1) is 0 Å². The molecule has 6 heteroatoms. The van der Waals surface area contributed by atoms with Crippen LogP contribution in [0.1, 0.15) is 28.8 Å². The Balaban J connectivity index is 1.49. The summed E-state index contributed by atoms with van der Waals surface area (Å²) in [4.78, 5) is 20.4. The van der Waals surface area contributed by atoms with E-state index in [1.807, 2.05) is 30.3 Å². The van der Waals surface area contributed by atoms with Crippen molar-refractivity contribution in [2.45, 2.75) is 25.5 Å². The molecule has 120 valence electrons. The zero-order valence-corrected chi connectivity index (χ0v) is 12.9. The third-order valence-electron chi connectivity index (χ3n) is 3.72. The number of aromatic nitrogens is 2. The maximum absolute atomic E-state index is 12.0. The molecule has 2 heterocycles. The maximum atomic E-state index is 12.0. The molecule has 1 saturated heterocycles. The van der Waals surface area contributed by atoms with Crippen molar-refractivity contribution in [3.05, 3.63) is 53.9 Å². The molecule has 0 spiro atoms. The number of carbonyl (C=O) groups excluding carboxylic acids is 1. The van der Waals surface area contributed by atoms with Crippen LogP contribution < -0.4 is 10.6 Å². The summed E-state index contributed by atoms with van der Waals surface area (Å²) in [5.41, 5.74) is 1.60. The second-order valence-corrected chi connectivity index (χ2v) is 5.48. The smallest absolute Gasteiger partial charge is 0.254 e. The van der Waals surface area contributed by atoms with Gasteiger partial charge in [0.2, 0.25) is 5.95 Å². The first kappa shape index (κ1) is 15.4. The summed E-state index contributed by atoms with van der Waals surface area (Å²) >= 11 is 0. The van der Waals surface area contributed by atoms with Gasteiger partial charge < -0.3 is 15.4 Å². The van der Waals surface area contributed by atoms with Gasteiger partial charge in [0, 0.05) is 32.1 Å². The summed E-state index contributed by atoms with van der Waals surface area (Å²) in [6, 6.07) is 10.0. The number of carbonyl (C=O) groups is 1. The van der Waals surface area contributed by atoms with E-state index in [9.17, 15) is 4.79 Å². The van der Waals surface area contributed by atoms with Crippen molar-refractivity contribution in [1.29, 1.82) is 0 Å². The van der Waals surface area contributed by atoms with Crippen LogP contribution in [-0.2, 0) is 11.3 Å². The van der Waals surface area contributed by atoms with Gasteiger partial charge in [-0.15, -0.1) is 0 Å². The zero-order valence-electron chi connectivity index (χ0n) is 12.9. The molecule has 2 aromatic rings. The highest BCUT2D eigenvalue weighted by atomic mass is 16.5. The molecule has 3 rings (SSSR count). The van der Waals surface area contributed by atoms with Gasteiger partial charge in [-0.05, 0) is 18.4 Å². The Kier molecular flexibility index (Phi) is 5.16. The third-order valence-corrected chi connectivity index (χ3v) is 3.72. The van der Waals surface area contributed by atoms with E-state index in [1.54, 1.807) is 0 Å². The predicted octanol–water partition coefficient (Wildman–Crippen LogP) is 2.00. The Morgan fingerprint density at radius 2 is 2.00 bits per heavy atom. The van der Waals surface area contributed by atoms with E-state index in [0.717, 1.165) is 25.0 Å². The van der Waals surface area contributed by atoms with Gasteiger partial charge in [0.05, 0.1) is 11.7 Å². The molecule has 1 amide bonds. The van der Waals surface area contributed by atoms with Crippen molar-refractivity contribution >= 4 is 11.9 Å². The van der Waals surface area contributed by atoms with Gasteiger partial charge in [-0.2, -0.15) is 0 Å². The van der Waals surface area contributed by atoms with Crippen LogP contribution in [0.15, 0.2) is 42.7 Å². The summed E-state index contributed by atoms with van der Waals surface area (Å²) in [6.07, 6.45) is 5.26. The van der Waals surface area contributed by atoms with Crippen molar-refractivity contribution in [3.8, 4) is 0 Å². The van der Waals surface area contributed by atoms with E-state index in [4.69, 9.17) is 4.74 Å². The first-order valence-corrected chi connectivity index (χ1v) is 7.81. The number of amides is 1. The zero-order chi connectivity index (χ0) is 15.9. The number of nitrogens with one attached hydrogen (secondary N) is 2. The quantitative estimate of drug-likeness (QED) is 0.853. The van der Waals surface area contributed by atoms with Crippen LogP contribution >= 0.6 is 0 Å². The number of anilines is 1. The van der Waals surface area contributed by atoms with E-state index in [1.165, 1.54) is 12.4 Å². The lowest BCUT2D eigenvalue weighted by atomic mass is 10.2. The second-order valence-electron chi connectivity index (χ2n) is 5.48. The second kappa shape index (κ2) is 7.69. The molecule has 23 heavy (non-hydrogen) atoms. The first-order valence-electron chi connectivity index (χ1n) is 7.81. The number of ether oxygens (including phenoxy) is 1. The molecule has 1 aliphatic heterocycles. The van der Waals surface area contributed by atoms with Crippen LogP contribution in [0.4, 0.5) is 5.95 Å². The highest BCUT2D eigenvalue weighted by Crippen LogP contribution is 2.11. The van der Waals surface area contributed by atoms with Gasteiger partial charge in [0.15, 0.2) is 0 Å². The van der Waals surface area contributed by atoms with Crippen molar-refractivity contribution in [3.63, 3.8) is 0 Å². The highest BCUT2D eigenvalue weighted by molar-refractivity contribution is 5.93. The normalized spacial score (nSPS) is 17.0. The molecule has 0 aliphatic carbocycles. The summed E-state index contributed by atoms with van der Waals surface area (Å²) in [6.45, 7) is 1.96. The molecule has 1 aromatic heterocycles. The fourth-order valence-electron chi connectivity index (χ4n) is 2.43. The van der Waals surface area contributed by atoms with E-state index >= 15 is 0 Å². The molecule has 0 saturated carbocycles. The van der Waals surface area contributed by atoms with Crippen molar-refractivity contribution in [2.75, 3.05) is 18.5 Å². The molecule has 1 aliphatic rings. The molecule has 0 radical (unpaired) electrons. The maximum Gasteiger partial charge on any atom is 0.254 e. The van der Waals surface area contributed by atoms with Crippen LogP contribution in [0.25, 0.3) is 0 Å². The molecule has 6 nitrogen and oxygen atoms in total. The van der Waals surface area contributed by atoms with Gasteiger partial charge >= 0.3 is 0 Å². The predicted molar refractivity (Wildman–Crippen MR) is 87.1 cm³/mol. The molecule has 1 unspecified atom stereocenters. The minimum Gasteiger partial charge on any atom is -0.376 e. The van der Waals surface area contributed by atoms with Gasteiger partial charge in [-0.25, -0.2) is 9.97 Å². The van der Waals surface area contributed by atoms with Crippen LogP contribution in [-0.4, -0.2) is 35.1 Å². The Morgan fingerprint density at radius 1 is 1.22 bits per heavy atom. The van der Waals surface area contributed by atoms with Gasteiger partial charge in [0.1, 0.15) is 0 Å². The Bertz CT molecular complexity index is 625. The van der Waals surface area contributed by atoms with Crippen LogP contribution in [0.3, 0.4) is 0 Å². The SMILES string of the molecule is O=C(NCC1CCCO1)c1cnc(NCc2ccccc2)nc1. The van der Waals surface area contributed by atoms with Crippen LogP contribution in [0.5, 0.6) is 0 Å². The molecule has 1 aromatic carbocycles. The number of hydrogen-bond acceptors (Lipinski definition) is 5. The summed E-state index contributed by atoms with van der Waals surface area (Å²) in [5, 5.41) is 5.98. The standard InChI is InChI=1S/C17H20N4O2/c22-16(18-12-15-7-4-8-23-15)14-10-20-17(21-11-14)19-9-13-5-2-1-3-6-13/h1-3,5-6,10-11,15H,4,7-9,12H2,(H,18,22)(H,19,20,21). The number of nitrogens with zero attached hydrogens (tertiary/aromatic N) is 2. The van der Waals surface area contributed by atoms with Gasteiger partial charge in [-0.3, -0.25) is 4.79 Å². The number of hydrogen-bond donors (Lipinski definition) is 2. The van der Waals surface area contributed by atoms with Crippen molar-refractivity contribution < 1.29 is 9.53 Å². The molecular weight excluding hydrogens is 292 g/mol. The molecule has 1 atom stereocenters. The van der Waals surface area contributed by atoms with E-state index < -0.39 is 0 Å². The summed E-state index contributed by atoms with van der Waals surface area (Å²) in [5.74, 6) is 0.333. The molecule has 1 fully saturated rings. The van der Waals surface area contributed by atoms with Crippen molar-refractivity contribution in [1.82, 2.24) is 15.3 Å². The molecular formula is C17H20N4O2. The molecule has 0 bridgehead atoms. The lowest BCUT2D eigenvalue weighted by molar-refractivity contribution is 0.0857. The monoisotopic (exact) mass is 312 g/mol. The minimum atomic E-state index is -0.171. The summed E-state index contributed by atoms with van der Waals surface area (Å²) in [7, 11) is 0. The first-order chi connectivity index (χ1) is 11.3. The number of rotatable bonds is 6. The fourth-order valence-corrected chi connectivity index (χ4v) is 2.43. The fraction of sp³-hybridized carbons (Fsp3) is 0.353. The Labute approximate surface area is 135 Å².